The van der Waals surface area contributed by atoms with Gasteiger partial charge in [-0.3, -0.25) is 0 Å². The number of halogens is 1. The van der Waals surface area contributed by atoms with Crippen molar-refractivity contribution in [2.24, 2.45) is 0 Å². The predicted octanol–water partition coefficient (Wildman–Crippen LogP) is 2.86. The second kappa shape index (κ2) is 5.38. The molecule has 0 amide bonds. The van der Waals surface area contributed by atoms with Crippen molar-refractivity contribution in [1.82, 2.24) is 5.32 Å². The normalized spacial score (nSPS) is 20.5. The van der Waals surface area contributed by atoms with Crippen molar-refractivity contribution < 1.29 is 4.74 Å². The minimum absolute atomic E-state index is 0.632. The van der Waals surface area contributed by atoms with Gasteiger partial charge in [0.25, 0.3) is 0 Å². The zero-order valence-corrected chi connectivity index (χ0v) is 9.46. The van der Waals surface area contributed by atoms with Gasteiger partial charge < -0.3 is 10.1 Å². The number of hydrogen-bond acceptors (Lipinski definition) is 2. The highest BCUT2D eigenvalue weighted by atomic mass is 35.5. The molecule has 1 atom stereocenters. The largest absolute Gasteiger partial charge is 0.492 e. The van der Waals surface area contributed by atoms with Crippen molar-refractivity contribution in [3.05, 3.63) is 29.3 Å². The van der Waals surface area contributed by atoms with Crippen molar-refractivity contribution >= 4 is 11.6 Å². The molecule has 15 heavy (non-hydrogen) atoms. The summed E-state index contributed by atoms with van der Waals surface area (Å²) in [6.45, 7) is 1.89. The van der Waals surface area contributed by atoms with E-state index in [2.05, 4.69) is 5.32 Å². The highest BCUT2D eigenvalue weighted by Gasteiger charge is 2.13. The summed E-state index contributed by atoms with van der Waals surface area (Å²) in [6, 6.07) is 8.24. The lowest BCUT2D eigenvalue weighted by atomic mass is 10.2. The molecule has 0 aliphatic carbocycles. The van der Waals surface area contributed by atoms with Gasteiger partial charge in [-0.1, -0.05) is 23.7 Å². The molecule has 2 nitrogen and oxygen atoms in total. The smallest absolute Gasteiger partial charge is 0.137 e. The molecule has 0 aromatic heterocycles. The average Bonchev–Trinajstić information content (AvgIpc) is 2.74. The maximum Gasteiger partial charge on any atom is 0.137 e. The number of benzene rings is 1. The molecule has 0 radical (unpaired) electrons. The summed E-state index contributed by atoms with van der Waals surface area (Å²) in [5.74, 6) is 0.789. The highest BCUT2D eigenvalue weighted by molar-refractivity contribution is 6.32. The molecule has 1 aromatic rings. The number of rotatable bonds is 4. The van der Waals surface area contributed by atoms with E-state index < -0.39 is 0 Å². The minimum atomic E-state index is 0.632. The molecule has 1 heterocycles. The summed E-state index contributed by atoms with van der Waals surface area (Å²) >= 11 is 5.98. The van der Waals surface area contributed by atoms with E-state index in [1.165, 1.54) is 12.8 Å². The van der Waals surface area contributed by atoms with Crippen molar-refractivity contribution in [2.75, 3.05) is 13.2 Å². The first-order chi connectivity index (χ1) is 7.36. The third-order valence-corrected chi connectivity index (χ3v) is 3.04. The van der Waals surface area contributed by atoms with Crippen LogP contribution in [-0.4, -0.2) is 19.2 Å². The van der Waals surface area contributed by atoms with E-state index in [0.717, 1.165) is 25.3 Å². The van der Waals surface area contributed by atoms with Crippen LogP contribution in [0.15, 0.2) is 24.3 Å². The van der Waals surface area contributed by atoms with E-state index in [-0.39, 0.29) is 0 Å². The van der Waals surface area contributed by atoms with Gasteiger partial charge in [0.2, 0.25) is 0 Å². The summed E-state index contributed by atoms with van der Waals surface area (Å²) in [5, 5.41) is 4.14. The van der Waals surface area contributed by atoms with Crippen LogP contribution < -0.4 is 10.1 Å². The van der Waals surface area contributed by atoms with Crippen LogP contribution >= 0.6 is 11.6 Å². The van der Waals surface area contributed by atoms with Gasteiger partial charge in [-0.25, -0.2) is 0 Å². The molecule has 1 aliphatic rings. The second-order valence-electron chi connectivity index (χ2n) is 3.86. The van der Waals surface area contributed by atoms with E-state index in [0.29, 0.717) is 11.1 Å². The van der Waals surface area contributed by atoms with Gasteiger partial charge in [0.1, 0.15) is 5.75 Å². The Morgan fingerprint density at radius 1 is 1.40 bits per heavy atom. The number of hydrogen-bond donors (Lipinski definition) is 1. The Morgan fingerprint density at radius 2 is 2.27 bits per heavy atom. The lowest BCUT2D eigenvalue weighted by molar-refractivity contribution is 0.292. The van der Waals surface area contributed by atoms with E-state index in [4.69, 9.17) is 16.3 Å². The molecule has 0 saturated carbocycles. The molecular formula is C12H16ClNO. The van der Waals surface area contributed by atoms with Gasteiger partial charge in [-0.15, -0.1) is 0 Å². The lowest BCUT2D eigenvalue weighted by Gasteiger charge is -2.11. The number of ether oxygens (including phenoxy) is 1. The molecule has 82 valence electrons. The van der Waals surface area contributed by atoms with Gasteiger partial charge in [0.15, 0.2) is 0 Å². The predicted molar refractivity (Wildman–Crippen MR) is 62.6 cm³/mol. The first-order valence-corrected chi connectivity index (χ1v) is 5.85. The maximum absolute atomic E-state index is 5.98. The molecule has 1 saturated heterocycles. The van der Waals surface area contributed by atoms with Crippen LogP contribution in [0.5, 0.6) is 5.75 Å². The van der Waals surface area contributed by atoms with E-state index in [9.17, 15) is 0 Å². The molecule has 2 rings (SSSR count). The van der Waals surface area contributed by atoms with Crippen LogP contribution in [0.1, 0.15) is 19.3 Å². The highest BCUT2D eigenvalue weighted by Crippen LogP contribution is 2.23. The third kappa shape index (κ3) is 3.11. The number of para-hydroxylation sites is 1. The summed E-state index contributed by atoms with van der Waals surface area (Å²) in [6.07, 6.45) is 3.62. The Balaban J connectivity index is 1.75. The second-order valence-corrected chi connectivity index (χ2v) is 4.27. The molecule has 1 fully saturated rings. The van der Waals surface area contributed by atoms with Gasteiger partial charge in [0.05, 0.1) is 11.6 Å². The summed E-state index contributed by atoms with van der Waals surface area (Å²) in [5.41, 5.74) is 0. The van der Waals surface area contributed by atoms with Crippen LogP contribution in [0.4, 0.5) is 0 Å². The first kappa shape index (κ1) is 10.8. The van der Waals surface area contributed by atoms with Gasteiger partial charge >= 0.3 is 0 Å². The maximum atomic E-state index is 5.98. The van der Waals surface area contributed by atoms with Crippen LogP contribution in [-0.2, 0) is 0 Å². The van der Waals surface area contributed by atoms with E-state index in [1.54, 1.807) is 0 Å². The molecular weight excluding hydrogens is 210 g/mol. The molecule has 3 heteroatoms. The molecule has 0 spiro atoms. The number of nitrogens with one attached hydrogen (secondary N) is 1. The fraction of sp³-hybridized carbons (Fsp3) is 0.500. The molecule has 1 aromatic carbocycles. The van der Waals surface area contributed by atoms with Gasteiger partial charge in [0, 0.05) is 6.04 Å². The third-order valence-electron chi connectivity index (χ3n) is 2.72. The van der Waals surface area contributed by atoms with Gasteiger partial charge in [-0.2, -0.15) is 0 Å². The standard InChI is InChI=1S/C12H16ClNO/c13-11-5-1-2-6-12(11)15-9-7-10-4-3-8-14-10/h1-2,5-6,10,14H,3-4,7-9H2. The van der Waals surface area contributed by atoms with Crippen molar-refractivity contribution in [2.45, 2.75) is 25.3 Å². The molecule has 0 bridgehead atoms. The minimum Gasteiger partial charge on any atom is -0.492 e. The Morgan fingerprint density at radius 3 is 3.00 bits per heavy atom. The molecule has 1 aliphatic heterocycles. The van der Waals surface area contributed by atoms with Crippen molar-refractivity contribution in [1.29, 1.82) is 0 Å². The monoisotopic (exact) mass is 225 g/mol. The topological polar surface area (TPSA) is 21.3 Å². The SMILES string of the molecule is Clc1ccccc1OCCC1CCCN1. The molecule has 1 N–H and O–H groups in total. The van der Waals surface area contributed by atoms with E-state index in [1.807, 2.05) is 24.3 Å². The fourth-order valence-corrected chi connectivity index (χ4v) is 2.07. The van der Waals surface area contributed by atoms with E-state index >= 15 is 0 Å². The van der Waals surface area contributed by atoms with Gasteiger partial charge in [-0.05, 0) is 37.9 Å². The van der Waals surface area contributed by atoms with Crippen LogP contribution in [0.25, 0.3) is 0 Å². The van der Waals surface area contributed by atoms with Crippen LogP contribution in [0.2, 0.25) is 5.02 Å². The quantitative estimate of drug-likeness (QED) is 0.851. The average molecular weight is 226 g/mol. The van der Waals surface area contributed by atoms with Crippen molar-refractivity contribution in [3.8, 4) is 5.75 Å². The lowest BCUT2D eigenvalue weighted by Crippen LogP contribution is -2.23. The fourth-order valence-electron chi connectivity index (χ4n) is 1.88. The summed E-state index contributed by atoms with van der Waals surface area (Å²) in [7, 11) is 0. The summed E-state index contributed by atoms with van der Waals surface area (Å²) < 4.78 is 5.63. The van der Waals surface area contributed by atoms with Crippen molar-refractivity contribution in [3.63, 3.8) is 0 Å². The molecule has 1 unspecified atom stereocenters. The Hall–Kier alpha value is -0.730. The van der Waals surface area contributed by atoms with Crippen LogP contribution in [0.3, 0.4) is 0 Å². The van der Waals surface area contributed by atoms with Crippen LogP contribution in [0, 0.1) is 0 Å². The summed E-state index contributed by atoms with van der Waals surface area (Å²) in [4.78, 5) is 0. The zero-order valence-electron chi connectivity index (χ0n) is 8.71. The zero-order chi connectivity index (χ0) is 10.5. The Labute approximate surface area is 95.6 Å². The Bertz CT molecular complexity index is 310. The Kier molecular flexibility index (Phi) is 3.87. The first-order valence-electron chi connectivity index (χ1n) is 5.47.